The smallest absolute Gasteiger partial charge is 0.243 e. The Hall–Kier alpha value is -1.31. The van der Waals surface area contributed by atoms with Crippen LogP contribution in [0.3, 0.4) is 0 Å². The average molecular weight is 375 g/mol. The zero-order chi connectivity index (χ0) is 18.1. The van der Waals surface area contributed by atoms with E-state index >= 15 is 0 Å². The Balaban J connectivity index is 2.13. The first-order valence-corrected chi connectivity index (χ1v) is 9.52. The number of sulfonamides is 1. The maximum absolute atomic E-state index is 12.7. The van der Waals surface area contributed by atoms with Gasteiger partial charge in [0.25, 0.3) is 0 Å². The van der Waals surface area contributed by atoms with Gasteiger partial charge in [0.2, 0.25) is 15.9 Å². The largest absolute Gasteiger partial charge is 0.495 e. The summed E-state index contributed by atoms with van der Waals surface area (Å²) in [6.45, 7) is 6.90. The molecule has 2 rings (SSSR count). The molecular formula is C16H23ClN2O4S. The number of hydrogen-bond donors (Lipinski definition) is 0. The second-order valence-corrected chi connectivity index (χ2v) is 9.09. The summed E-state index contributed by atoms with van der Waals surface area (Å²) in [6, 6.07) is 4.41. The lowest BCUT2D eigenvalue weighted by atomic mass is 9.94. The van der Waals surface area contributed by atoms with Crippen molar-refractivity contribution in [2.75, 3.05) is 33.3 Å². The average Bonchev–Trinajstić information content (AvgIpc) is 2.53. The van der Waals surface area contributed by atoms with Gasteiger partial charge in [-0.1, -0.05) is 32.4 Å². The Labute approximate surface area is 148 Å². The molecule has 1 aliphatic heterocycles. The van der Waals surface area contributed by atoms with Crippen LogP contribution in [0.15, 0.2) is 23.1 Å². The van der Waals surface area contributed by atoms with E-state index in [9.17, 15) is 13.2 Å². The highest BCUT2D eigenvalue weighted by atomic mass is 35.5. The van der Waals surface area contributed by atoms with Crippen molar-refractivity contribution in [1.82, 2.24) is 9.21 Å². The first-order chi connectivity index (χ1) is 11.1. The van der Waals surface area contributed by atoms with Crippen LogP contribution in [0, 0.1) is 5.41 Å². The maximum Gasteiger partial charge on any atom is 0.243 e. The fourth-order valence-electron chi connectivity index (χ4n) is 2.56. The molecule has 0 aliphatic carbocycles. The summed E-state index contributed by atoms with van der Waals surface area (Å²) in [6.07, 6.45) is 0. The fourth-order valence-corrected chi connectivity index (χ4v) is 4.33. The number of nitrogens with zero attached hydrogens (tertiary/aromatic N) is 2. The van der Waals surface area contributed by atoms with Gasteiger partial charge in [-0.3, -0.25) is 4.79 Å². The number of methoxy groups -OCH3 is 1. The number of halogens is 1. The van der Waals surface area contributed by atoms with Crippen LogP contribution in [0.5, 0.6) is 5.75 Å². The third-order valence-corrected chi connectivity index (χ3v) is 6.12. The van der Waals surface area contributed by atoms with Gasteiger partial charge in [0.15, 0.2) is 0 Å². The number of carbonyl (C=O) groups is 1. The van der Waals surface area contributed by atoms with Crippen LogP contribution in [0.2, 0.25) is 5.02 Å². The van der Waals surface area contributed by atoms with Crippen molar-refractivity contribution in [2.24, 2.45) is 5.41 Å². The van der Waals surface area contributed by atoms with Crippen LogP contribution in [0.4, 0.5) is 0 Å². The summed E-state index contributed by atoms with van der Waals surface area (Å²) in [7, 11) is -2.17. The second-order valence-electron chi connectivity index (χ2n) is 6.74. The van der Waals surface area contributed by atoms with Crippen molar-refractivity contribution in [1.29, 1.82) is 0 Å². The molecule has 1 amide bonds. The zero-order valence-corrected chi connectivity index (χ0v) is 15.9. The highest BCUT2D eigenvalue weighted by Gasteiger charge is 2.33. The van der Waals surface area contributed by atoms with Gasteiger partial charge < -0.3 is 9.64 Å². The molecular weight excluding hydrogens is 352 g/mol. The van der Waals surface area contributed by atoms with Crippen molar-refractivity contribution in [3.05, 3.63) is 23.2 Å². The molecule has 1 aliphatic rings. The topological polar surface area (TPSA) is 66.9 Å². The zero-order valence-electron chi connectivity index (χ0n) is 14.4. The number of piperazine rings is 1. The Morgan fingerprint density at radius 3 is 2.21 bits per heavy atom. The molecule has 0 bridgehead atoms. The Morgan fingerprint density at radius 1 is 1.17 bits per heavy atom. The number of rotatable bonds is 3. The summed E-state index contributed by atoms with van der Waals surface area (Å²) >= 11 is 6.03. The predicted octanol–water partition coefficient (Wildman–Crippen LogP) is 2.23. The quantitative estimate of drug-likeness (QED) is 0.813. The lowest BCUT2D eigenvalue weighted by Gasteiger charge is -2.37. The van der Waals surface area contributed by atoms with Gasteiger partial charge >= 0.3 is 0 Å². The summed E-state index contributed by atoms with van der Waals surface area (Å²) < 4.78 is 31.9. The van der Waals surface area contributed by atoms with E-state index in [0.29, 0.717) is 18.8 Å². The number of hydrogen-bond acceptors (Lipinski definition) is 4. The number of ether oxygens (including phenoxy) is 1. The minimum Gasteiger partial charge on any atom is -0.495 e. The van der Waals surface area contributed by atoms with Crippen molar-refractivity contribution < 1.29 is 17.9 Å². The molecule has 1 aromatic carbocycles. The molecule has 0 atom stereocenters. The maximum atomic E-state index is 12.7. The third kappa shape index (κ3) is 3.84. The summed E-state index contributed by atoms with van der Waals surface area (Å²) in [5.74, 6) is 0.461. The van der Waals surface area contributed by atoms with E-state index < -0.39 is 15.4 Å². The van der Waals surface area contributed by atoms with Gasteiger partial charge in [0, 0.05) is 31.6 Å². The standard InChI is InChI=1S/C16H23ClN2O4S/c1-16(2,3)15(20)18-7-9-19(10-8-18)24(21,22)12-5-6-14(23-4)13(17)11-12/h5-6,11H,7-10H2,1-4H3. The van der Waals surface area contributed by atoms with Gasteiger partial charge in [-0.15, -0.1) is 0 Å². The van der Waals surface area contributed by atoms with Crippen LogP contribution >= 0.6 is 11.6 Å². The van der Waals surface area contributed by atoms with Crippen molar-refractivity contribution in [3.8, 4) is 5.75 Å². The second kappa shape index (κ2) is 6.90. The molecule has 8 heteroatoms. The molecule has 1 aromatic rings. The molecule has 134 valence electrons. The lowest BCUT2D eigenvalue weighted by Crippen LogP contribution is -2.52. The minimum absolute atomic E-state index is 0.0343. The number of carbonyl (C=O) groups excluding carboxylic acids is 1. The SMILES string of the molecule is COc1ccc(S(=O)(=O)N2CCN(C(=O)C(C)(C)C)CC2)cc1Cl. The van der Waals surface area contributed by atoms with Crippen molar-refractivity contribution >= 4 is 27.5 Å². The summed E-state index contributed by atoms with van der Waals surface area (Å²) in [5, 5.41) is 0.250. The van der Waals surface area contributed by atoms with Gasteiger partial charge in [-0.25, -0.2) is 8.42 Å². The highest BCUT2D eigenvalue weighted by Crippen LogP contribution is 2.29. The molecule has 6 nitrogen and oxygen atoms in total. The molecule has 1 fully saturated rings. The van der Waals surface area contributed by atoms with Gasteiger partial charge in [0.1, 0.15) is 5.75 Å². The van der Waals surface area contributed by atoms with E-state index in [2.05, 4.69) is 0 Å². The first-order valence-electron chi connectivity index (χ1n) is 7.70. The normalized spacial score (nSPS) is 17.0. The Morgan fingerprint density at radius 2 is 1.75 bits per heavy atom. The monoisotopic (exact) mass is 374 g/mol. The number of benzene rings is 1. The van der Waals surface area contributed by atoms with E-state index in [4.69, 9.17) is 16.3 Å². The van der Waals surface area contributed by atoms with Crippen LogP contribution < -0.4 is 4.74 Å². The fraction of sp³-hybridized carbons (Fsp3) is 0.562. The van der Waals surface area contributed by atoms with Crippen LogP contribution in [-0.4, -0.2) is 56.8 Å². The molecule has 1 saturated heterocycles. The Bertz CT molecular complexity index is 720. The third-order valence-electron chi connectivity index (χ3n) is 3.93. The molecule has 0 aromatic heterocycles. The molecule has 0 radical (unpaired) electrons. The predicted molar refractivity (Wildman–Crippen MR) is 92.8 cm³/mol. The molecule has 24 heavy (non-hydrogen) atoms. The summed E-state index contributed by atoms with van der Waals surface area (Å²) in [4.78, 5) is 14.1. The van der Waals surface area contributed by atoms with Gasteiger partial charge in [-0.05, 0) is 18.2 Å². The lowest BCUT2D eigenvalue weighted by molar-refractivity contribution is -0.140. The highest BCUT2D eigenvalue weighted by molar-refractivity contribution is 7.89. The van der Waals surface area contributed by atoms with Gasteiger partial charge in [0.05, 0.1) is 17.0 Å². The number of amides is 1. The van der Waals surface area contributed by atoms with Crippen molar-refractivity contribution in [3.63, 3.8) is 0 Å². The van der Waals surface area contributed by atoms with E-state index in [1.165, 1.54) is 29.6 Å². The van der Waals surface area contributed by atoms with E-state index in [0.717, 1.165) is 0 Å². The van der Waals surface area contributed by atoms with E-state index in [1.807, 2.05) is 20.8 Å². The minimum atomic E-state index is -3.64. The molecule has 0 saturated carbocycles. The Kier molecular flexibility index (Phi) is 5.47. The first kappa shape index (κ1) is 19.0. The summed E-state index contributed by atoms with van der Waals surface area (Å²) in [5.41, 5.74) is -0.468. The van der Waals surface area contributed by atoms with Gasteiger partial charge in [-0.2, -0.15) is 4.31 Å². The van der Waals surface area contributed by atoms with Crippen molar-refractivity contribution in [2.45, 2.75) is 25.7 Å². The molecule has 0 N–H and O–H groups in total. The van der Waals surface area contributed by atoms with E-state index in [1.54, 1.807) is 4.90 Å². The van der Waals surface area contributed by atoms with Crippen LogP contribution in [-0.2, 0) is 14.8 Å². The molecule has 0 unspecified atom stereocenters. The molecule has 0 spiro atoms. The van der Waals surface area contributed by atoms with Crippen LogP contribution in [0.25, 0.3) is 0 Å². The molecule has 1 heterocycles. The van der Waals surface area contributed by atoms with Crippen LogP contribution in [0.1, 0.15) is 20.8 Å². The van der Waals surface area contributed by atoms with E-state index in [-0.39, 0.29) is 28.9 Å².